The van der Waals surface area contributed by atoms with Gasteiger partial charge >= 0.3 is 50.1 Å². The van der Waals surface area contributed by atoms with Gasteiger partial charge in [0.25, 0.3) is 0 Å². The molecule has 0 aliphatic rings. The van der Waals surface area contributed by atoms with Crippen LogP contribution < -0.4 is 0 Å². The van der Waals surface area contributed by atoms with Crippen molar-refractivity contribution in [1.82, 2.24) is 0 Å². The van der Waals surface area contributed by atoms with Gasteiger partial charge in [0.1, 0.15) is 0 Å². The summed E-state index contributed by atoms with van der Waals surface area (Å²) < 4.78 is 0. The van der Waals surface area contributed by atoms with Gasteiger partial charge in [-0.15, -0.1) is 0 Å². The molecule has 0 aromatic carbocycles. The average Bonchev–Trinajstić information content (AvgIpc) is 1.36. The van der Waals surface area contributed by atoms with Crippen LogP contribution in [0.3, 0.4) is 0 Å². The van der Waals surface area contributed by atoms with Crippen LogP contribution in [-0.4, -0.2) is 30.3 Å². The van der Waals surface area contributed by atoms with Gasteiger partial charge in [0.15, 0.2) is 0 Å². The SMILES string of the molecule is [CH3][Sn]([CH3])=[Sn]([CH3])[CH3]. The molecule has 2 heteroatoms. The van der Waals surface area contributed by atoms with E-state index in [0.29, 0.717) is 0 Å². The van der Waals surface area contributed by atoms with Gasteiger partial charge in [0.2, 0.25) is 0 Å². The monoisotopic (exact) mass is 300 g/mol. The Kier molecular flexibility index (Phi) is 4.53. The third-order valence-corrected chi connectivity index (χ3v) is 45.0. The second kappa shape index (κ2) is 3.58. The zero-order valence-electron chi connectivity index (χ0n) is 5.00. The van der Waals surface area contributed by atoms with Crippen molar-refractivity contribution in [1.29, 1.82) is 0 Å². The molecule has 0 fully saturated rings. The minimum absolute atomic E-state index is 0.503. The van der Waals surface area contributed by atoms with E-state index in [0.717, 1.165) is 0 Å². The van der Waals surface area contributed by atoms with E-state index in [1.807, 2.05) is 0 Å². The van der Waals surface area contributed by atoms with E-state index < -0.39 is 30.3 Å². The molecule has 6 heavy (non-hydrogen) atoms. The first-order valence-electron chi connectivity index (χ1n) is 2.25. The van der Waals surface area contributed by atoms with E-state index in [1.54, 1.807) is 0 Å². The van der Waals surface area contributed by atoms with Crippen LogP contribution in [0, 0.1) is 0 Å². The second-order valence-corrected chi connectivity index (χ2v) is 51.7. The second-order valence-electron chi connectivity index (χ2n) is 2.00. The molecule has 0 rings (SSSR count). The predicted octanol–water partition coefficient (Wildman–Crippen LogP) is 1.57. The van der Waals surface area contributed by atoms with Gasteiger partial charge in [-0.05, 0) is 0 Å². The van der Waals surface area contributed by atoms with Gasteiger partial charge in [0.05, 0.1) is 0 Å². The Balaban J connectivity index is 3.68. The van der Waals surface area contributed by atoms with Crippen LogP contribution in [0.25, 0.3) is 0 Å². The first-order chi connectivity index (χ1) is 2.64. The Morgan fingerprint density at radius 1 is 0.667 bits per heavy atom. The number of rotatable bonds is 0. The molecule has 0 saturated carbocycles. The molecule has 0 aromatic rings. The minimum atomic E-state index is -0.503. The molecule has 0 nitrogen and oxygen atoms in total. The van der Waals surface area contributed by atoms with Gasteiger partial charge in [0, 0.05) is 0 Å². The molecular weight excluding hydrogens is 285 g/mol. The van der Waals surface area contributed by atoms with E-state index in [4.69, 9.17) is 0 Å². The zero-order chi connectivity index (χ0) is 5.15. The molecule has 0 amide bonds. The number of hydrogen-bond acceptors (Lipinski definition) is 0. The predicted molar refractivity (Wildman–Crippen MR) is 35.0 cm³/mol. The molecule has 0 spiro atoms. The average molecular weight is 298 g/mol. The Hall–Kier alpha value is 1.60. The fourth-order valence-electron chi connectivity index (χ4n) is 0. The van der Waals surface area contributed by atoms with Crippen LogP contribution in [0.2, 0.25) is 19.8 Å². The first-order valence-corrected chi connectivity index (χ1v) is 24.7. The number of hydrogen-bond donors (Lipinski definition) is 0. The van der Waals surface area contributed by atoms with Gasteiger partial charge < -0.3 is 0 Å². The van der Waals surface area contributed by atoms with Crippen molar-refractivity contribution >= 4 is 30.3 Å². The summed E-state index contributed by atoms with van der Waals surface area (Å²) in [4.78, 5) is 10.1. The third-order valence-electron chi connectivity index (χ3n) is 1.00. The molecule has 0 bridgehead atoms. The molecular formula is C4H12Sn2. The van der Waals surface area contributed by atoms with Crippen LogP contribution in [0.4, 0.5) is 0 Å². The Morgan fingerprint density at radius 2 is 0.833 bits per heavy atom. The maximum absolute atomic E-state index is 2.52. The van der Waals surface area contributed by atoms with Gasteiger partial charge in [-0.25, -0.2) is 0 Å². The Labute approximate surface area is 49.6 Å². The maximum atomic E-state index is 2.52. The molecule has 0 saturated heterocycles. The molecule has 0 unspecified atom stereocenters. The summed E-state index contributed by atoms with van der Waals surface area (Å²) in [6, 6.07) is 0. The summed E-state index contributed by atoms with van der Waals surface area (Å²) in [5.74, 6) is 0. The van der Waals surface area contributed by atoms with Crippen LogP contribution >= 0.6 is 0 Å². The van der Waals surface area contributed by atoms with E-state index in [9.17, 15) is 0 Å². The fraction of sp³-hybridized carbons (Fsp3) is 1.00. The standard InChI is InChI=1S/4CH3.2Sn/h4*1H3;;. The Bertz CT molecular complexity index is 55.6. The molecule has 0 atom stereocenters. The molecule has 0 aliphatic carbocycles. The van der Waals surface area contributed by atoms with Gasteiger partial charge in [-0.1, -0.05) is 0 Å². The van der Waals surface area contributed by atoms with Gasteiger partial charge in [-0.2, -0.15) is 0 Å². The Morgan fingerprint density at radius 3 is 0.833 bits per heavy atom. The van der Waals surface area contributed by atoms with E-state index >= 15 is 0 Å². The van der Waals surface area contributed by atoms with E-state index in [-0.39, 0.29) is 0 Å². The topological polar surface area (TPSA) is 0 Å². The van der Waals surface area contributed by atoms with Crippen molar-refractivity contribution in [2.45, 2.75) is 19.8 Å². The summed E-state index contributed by atoms with van der Waals surface area (Å²) in [7, 11) is 0. The van der Waals surface area contributed by atoms with E-state index in [2.05, 4.69) is 19.8 Å². The van der Waals surface area contributed by atoms with Gasteiger partial charge in [-0.3, -0.25) is 0 Å². The quantitative estimate of drug-likeness (QED) is 0.596. The van der Waals surface area contributed by atoms with Crippen LogP contribution in [0.1, 0.15) is 0 Å². The normalized spacial score (nSPS) is 8.00. The van der Waals surface area contributed by atoms with Crippen molar-refractivity contribution in [2.24, 2.45) is 0 Å². The van der Waals surface area contributed by atoms with Crippen molar-refractivity contribution in [3.63, 3.8) is 0 Å². The molecule has 0 heterocycles. The molecule has 0 aliphatic heterocycles. The van der Waals surface area contributed by atoms with Crippen molar-refractivity contribution in [3.05, 3.63) is 0 Å². The van der Waals surface area contributed by atoms with Crippen molar-refractivity contribution < 1.29 is 0 Å². The summed E-state index contributed by atoms with van der Waals surface area (Å²) >= 11 is -1.01. The summed E-state index contributed by atoms with van der Waals surface area (Å²) in [5.41, 5.74) is 0. The van der Waals surface area contributed by atoms with Crippen molar-refractivity contribution in [3.8, 4) is 0 Å². The zero-order valence-corrected chi connectivity index (χ0v) is 10.7. The third kappa shape index (κ3) is 3.78. The molecule has 36 valence electrons. The summed E-state index contributed by atoms with van der Waals surface area (Å²) in [6.45, 7) is 0. The first kappa shape index (κ1) is 7.60. The summed E-state index contributed by atoms with van der Waals surface area (Å²) in [6.07, 6.45) is 0. The van der Waals surface area contributed by atoms with Crippen LogP contribution in [-0.2, 0) is 0 Å². The van der Waals surface area contributed by atoms with Crippen LogP contribution in [0.5, 0.6) is 0 Å². The molecule has 0 radical (unpaired) electrons. The summed E-state index contributed by atoms with van der Waals surface area (Å²) in [5, 5.41) is 0. The molecule has 0 N–H and O–H groups in total. The van der Waals surface area contributed by atoms with E-state index in [1.165, 1.54) is 0 Å². The van der Waals surface area contributed by atoms with Crippen molar-refractivity contribution in [2.75, 3.05) is 0 Å². The van der Waals surface area contributed by atoms with Crippen LogP contribution in [0.15, 0.2) is 0 Å². The molecule has 0 aromatic heterocycles. The fourth-order valence-corrected chi connectivity index (χ4v) is 0.